The third kappa shape index (κ3) is 5.61. The molecule has 1 N–H and O–H groups in total. The number of nitrogens with one attached hydrogen (secondary N) is 1. The molecule has 0 atom stereocenters. The highest BCUT2D eigenvalue weighted by Gasteiger charge is 2.23. The normalized spacial score (nSPS) is 14.7. The predicted molar refractivity (Wildman–Crippen MR) is 120 cm³/mol. The zero-order chi connectivity index (χ0) is 21.6. The minimum absolute atomic E-state index is 0.263. The SMILES string of the molecule is Cc1ccccc1CN(Cc1ccc(C(=O)Nc2ccc(F)cc2)o1)C1CCCCC1. The summed E-state index contributed by atoms with van der Waals surface area (Å²) in [5.74, 6) is 0.373. The average Bonchev–Trinajstić information content (AvgIpc) is 3.26. The second-order valence-electron chi connectivity index (χ2n) is 8.35. The number of rotatable bonds is 7. The Kier molecular flexibility index (Phi) is 6.82. The maximum Gasteiger partial charge on any atom is 0.291 e. The summed E-state index contributed by atoms with van der Waals surface area (Å²) in [6.45, 7) is 3.69. The van der Waals surface area contributed by atoms with E-state index in [1.54, 1.807) is 6.07 Å². The molecule has 0 saturated heterocycles. The Morgan fingerprint density at radius 1 is 1.00 bits per heavy atom. The van der Waals surface area contributed by atoms with E-state index in [4.69, 9.17) is 4.42 Å². The van der Waals surface area contributed by atoms with Crippen LogP contribution < -0.4 is 5.32 Å². The lowest BCUT2D eigenvalue weighted by Crippen LogP contribution is -2.36. The van der Waals surface area contributed by atoms with E-state index in [0.29, 0.717) is 18.3 Å². The molecule has 1 heterocycles. The van der Waals surface area contributed by atoms with Gasteiger partial charge in [0.2, 0.25) is 0 Å². The number of aryl methyl sites for hydroxylation is 1. The molecular formula is C26H29FN2O2. The summed E-state index contributed by atoms with van der Waals surface area (Å²) in [7, 11) is 0. The van der Waals surface area contributed by atoms with Crippen LogP contribution in [0.25, 0.3) is 0 Å². The largest absolute Gasteiger partial charge is 0.455 e. The van der Waals surface area contributed by atoms with Crippen LogP contribution in [0.2, 0.25) is 0 Å². The summed E-state index contributed by atoms with van der Waals surface area (Å²) < 4.78 is 19.0. The fourth-order valence-electron chi connectivity index (χ4n) is 4.28. The van der Waals surface area contributed by atoms with E-state index >= 15 is 0 Å². The number of hydrogen-bond acceptors (Lipinski definition) is 3. The van der Waals surface area contributed by atoms with Crippen LogP contribution in [-0.2, 0) is 13.1 Å². The molecular weight excluding hydrogens is 391 g/mol. The number of halogens is 1. The van der Waals surface area contributed by atoms with Crippen LogP contribution >= 0.6 is 0 Å². The van der Waals surface area contributed by atoms with E-state index in [-0.39, 0.29) is 17.5 Å². The fraction of sp³-hybridized carbons (Fsp3) is 0.346. The molecule has 1 amide bonds. The highest BCUT2D eigenvalue weighted by atomic mass is 19.1. The van der Waals surface area contributed by atoms with Crippen LogP contribution in [0, 0.1) is 12.7 Å². The summed E-state index contributed by atoms with van der Waals surface area (Å²) in [5, 5.41) is 2.75. The Labute approximate surface area is 183 Å². The van der Waals surface area contributed by atoms with Crippen LogP contribution in [0.5, 0.6) is 0 Å². The molecule has 3 aromatic rings. The van der Waals surface area contributed by atoms with Gasteiger partial charge in [-0.05, 0) is 67.3 Å². The smallest absolute Gasteiger partial charge is 0.291 e. The molecule has 1 aliphatic carbocycles. The summed E-state index contributed by atoms with van der Waals surface area (Å²) in [6, 6.07) is 18.3. The second kappa shape index (κ2) is 9.92. The minimum Gasteiger partial charge on any atom is -0.455 e. The number of nitrogens with zero attached hydrogens (tertiary/aromatic N) is 1. The molecule has 1 saturated carbocycles. The van der Waals surface area contributed by atoms with E-state index in [0.717, 1.165) is 12.3 Å². The molecule has 0 unspecified atom stereocenters. The topological polar surface area (TPSA) is 45.5 Å². The van der Waals surface area contributed by atoms with Gasteiger partial charge in [-0.1, -0.05) is 43.5 Å². The Morgan fingerprint density at radius 2 is 1.74 bits per heavy atom. The molecule has 0 spiro atoms. The van der Waals surface area contributed by atoms with Gasteiger partial charge in [0, 0.05) is 18.3 Å². The number of furan rings is 1. The number of carbonyl (C=O) groups is 1. The first kappa shape index (κ1) is 21.3. The molecule has 4 nitrogen and oxygen atoms in total. The van der Waals surface area contributed by atoms with Crippen molar-refractivity contribution in [3.05, 3.63) is 89.1 Å². The Morgan fingerprint density at radius 3 is 2.48 bits per heavy atom. The van der Waals surface area contributed by atoms with Gasteiger partial charge in [0.25, 0.3) is 5.91 Å². The maximum absolute atomic E-state index is 13.1. The lowest BCUT2D eigenvalue weighted by Gasteiger charge is -2.34. The Bertz CT molecular complexity index is 1010. The second-order valence-corrected chi connectivity index (χ2v) is 8.35. The summed E-state index contributed by atoms with van der Waals surface area (Å²) in [5.41, 5.74) is 3.16. The van der Waals surface area contributed by atoms with Crippen molar-refractivity contribution in [1.82, 2.24) is 4.90 Å². The van der Waals surface area contributed by atoms with Crippen LogP contribution in [0.3, 0.4) is 0 Å². The molecule has 0 bridgehead atoms. The molecule has 31 heavy (non-hydrogen) atoms. The van der Waals surface area contributed by atoms with E-state index in [1.165, 1.54) is 67.5 Å². The van der Waals surface area contributed by atoms with Crippen molar-refractivity contribution < 1.29 is 13.6 Å². The van der Waals surface area contributed by atoms with Crippen LogP contribution in [0.15, 0.2) is 65.1 Å². The van der Waals surface area contributed by atoms with Crippen molar-refractivity contribution in [2.75, 3.05) is 5.32 Å². The minimum atomic E-state index is -0.338. The maximum atomic E-state index is 13.1. The molecule has 1 aliphatic rings. The van der Waals surface area contributed by atoms with Gasteiger partial charge in [-0.2, -0.15) is 0 Å². The fourth-order valence-corrected chi connectivity index (χ4v) is 4.28. The number of amides is 1. The first-order valence-corrected chi connectivity index (χ1v) is 11.0. The Hall–Kier alpha value is -2.92. The quantitative estimate of drug-likeness (QED) is 0.487. The molecule has 4 rings (SSSR count). The Balaban J connectivity index is 1.46. The van der Waals surface area contributed by atoms with Gasteiger partial charge < -0.3 is 9.73 Å². The van der Waals surface area contributed by atoms with E-state index in [1.807, 2.05) is 6.07 Å². The van der Waals surface area contributed by atoms with Crippen LogP contribution in [-0.4, -0.2) is 16.8 Å². The highest BCUT2D eigenvalue weighted by Crippen LogP contribution is 2.27. The summed E-state index contributed by atoms with van der Waals surface area (Å²) in [6.07, 6.45) is 6.23. The molecule has 1 aromatic heterocycles. The van der Waals surface area contributed by atoms with Gasteiger partial charge in [0.15, 0.2) is 5.76 Å². The molecule has 162 valence electrons. The molecule has 5 heteroatoms. The standard InChI is InChI=1S/C26H29FN2O2/c1-19-7-5-6-8-20(19)17-29(23-9-3-2-4-10-23)18-24-15-16-25(31-24)26(30)28-22-13-11-21(27)12-14-22/h5-8,11-16,23H,2-4,9-10,17-18H2,1H3,(H,28,30). The third-order valence-electron chi connectivity index (χ3n) is 6.07. The van der Waals surface area contributed by atoms with Crippen molar-refractivity contribution in [3.63, 3.8) is 0 Å². The van der Waals surface area contributed by atoms with Crippen molar-refractivity contribution >= 4 is 11.6 Å². The van der Waals surface area contributed by atoms with Crippen LogP contribution in [0.1, 0.15) is 59.5 Å². The van der Waals surface area contributed by atoms with Crippen molar-refractivity contribution in [2.24, 2.45) is 0 Å². The number of carbonyl (C=O) groups excluding carboxylic acids is 1. The molecule has 1 fully saturated rings. The number of benzene rings is 2. The lowest BCUT2D eigenvalue weighted by molar-refractivity contribution is 0.0985. The molecule has 0 aliphatic heterocycles. The van der Waals surface area contributed by atoms with E-state index in [9.17, 15) is 9.18 Å². The summed E-state index contributed by atoms with van der Waals surface area (Å²) in [4.78, 5) is 15.0. The van der Waals surface area contributed by atoms with Gasteiger partial charge >= 0.3 is 0 Å². The molecule has 0 radical (unpaired) electrons. The van der Waals surface area contributed by atoms with Crippen molar-refractivity contribution in [1.29, 1.82) is 0 Å². The van der Waals surface area contributed by atoms with Gasteiger partial charge in [-0.15, -0.1) is 0 Å². The first-order valence-electron chi connectivity index (χ1n) is 11.0. The lowest BCUT2D eigenvalue weighted by atomic mass is 9.93. The van der Waals surface area contributed by atoms with Gasteiger partial charge in [0.1, 0.15) is 11.6 Å². The van der Waals surface area contributed by atoms with Gasteiger partial charge in [0.05, 0.1) is 6.54 Å². The van der Waals surface area contributed by atoms with Crippen molar-refractivity contribution in [2.45, 2.75) is 58.2 Å². The van der Waals surface area contributed by atoms with E-state index < -0.39 is 0 Å². The monoisotopic (exact) mass is 420 g/mol. The first-order chi connectivity index (χ1) is 15.1. The number of hydrogen-bond donors (Lipinski definition) is 1. The van der Waals surface area contributed by atoms with Crippen LogP contribution in [0.4, 0.5) is 10.1 Å². The van der Waals surface area contributed by atoms with E-state index in [2.05, 4.69) is 41.4 Å². The van der Waals surface area contributed by atoms with Gasteiger partial charge in [-0.3, -0.25) is 9.69 Å². The van der Waals surface area contributed by atoms with Crippen molar-refractivity contribution in [3.8, 4) is 0 Å². The third-order valence-corrected chi connectivity index (χ3v) is 6.07. The highest BCUT2D eigenvalue weighted by molar-refractivity contribution is 6.02. The number of anilines is 1. The van der Waals surface area contributed by atoms with Gasteiger partial charge in [-0.25, -0.2) is 4.39 Å². The zero-order valence-electron chi connectivity index (χ0n) is 17.9. The summed E-state index contributed by atoms with van der Waals surface area (Å²) >= 11 is 0. The average molecular weight is 421 g/mol. The zero-order valence-corrected chi connectivity index (χ0v) is 17.9. The molecule has 2 aromatic carbocycles. The predicted octanol–water partition coefficient (Wildman–Crippen LogP) is 6.31.